The van der Waals surface area contributed by atoms with Gasteiger partial charge in [-0.1, -0.05) is 53.7 Å². The van der Waals surface area contributed by atoms with Crippen molar-refractivity contribution in [1.82, 2.24) is 0 Å². The van der Waals surface area contributed by atoms with E-state index in [0.29, 0.717) is 13.2 Å². The number of hydrogen-bond donors (Lipinski definition) is 0. The SMILES string of the molecule is CC(C)(C)CC(C)(C(=O)OCCOCC1C2CCC1C1CC=CC12)C(C)(C)C. The molecule has 0 aromatic carbocycles. The van der Waals surface area contributed by atoms with E-state index in [1.165, 1.54) is 19.3 Å². The summed E-state index contributed by atoms with van der Waals surface area (Å²) in [7, 11) is 0. The lowest BCUT2D eigenvalue weighted by molar-refractivity contribution is -0.166. The first kappa shape index (κ1) is 21.9. The molecule has 0 N–H and O–H groups in total. The molecule has 0 aromatic rings. The maximum Gasteiger partial charge on any atom is 0.312 e. The minimum atomic E-state index is -0.500. The van der Waals surface area contributed by atoms with Crippen LogP contribution in [0.3, 0.4) is 0 Å². The van der Waals surface area contributed by atoms with Gasteiger partial charge >= 0.3 is 5.97 Å². The van der Waals surface area contributed by atoms with E-state index in [4.69, 9.17) is 9.47 Å². The van der Waals surface area contributed by atoms with Crippen molar-refractivity contribution in [1.29, 1.82) is 0 Å². The Morgan fingerprint density at radius 1 is 0.964 bits per heavy atom. The van der Waals surface area contributed by atoms with Crippen molar-refractivity contribution in [3.05, 3.63) is 12.2 Å². The molecule has 0 radical (unpaired) electrons. The van der Waals surface area contributed by atoms with Gasteiger partial charge in [-0.05, 0) is 73.0 Å². The van der Waals surface area contributed by atoms with E-state index in [0.717, 1.165) is 42.6 Å². The van der Waals surface area contributed by atoms with Crippen LogP contribution in [0, 0.1) is 45.8 Å². The Kier molecular flexibility index (Phi) is 6.07. The van der Waals surface area contributed by atoms with Crippen molar-refractivity contribution >= 4 is 5.97 Å². The molecule has 28 heavy (non-hydrogen) atoms. The van der Waals surface area contributed by atoms with Gasteiger partial charge in [0.2, 0.25) is 0 Å². The zero-order valence-electron chi connectivity index (χ0n) is 19.2. The van der Waals surface area contributed by atoms with Crippen molar-refractivity contribution in [3.63, 3.8) is 0 Å². The number of carbonyl (C=O) groups excluding carboxylic acids is 1. The molecule has 0 spiro atoms. The number of ether oxygens (including phenoxy) is 2. The van der Waals surface area contributed by atoms with Crippen molar-refractivity contribution in [2.24, 2.45) is 45.8 Å². The Morgan fingerprint density at radius 2 is 1.64 bits per heavy atom. The molecular formula is C25H42O3. The van der Waals surface area contributed by atoms with Gasteiger partial charge in [-0.3, -0.25) is 4.79 Å². The highest BCUT2D eigenvalue weighted by Crippen LogP contribution is 2.59. The van der Waals surface area contributed by atoms with Gasteiger partial charge in [0.05, 0.1) is 18.6 Å². The summed E-state index contributed by atoms with van der Waals surface area (Å²) in [5, 5.41) is 0. The minimum absolute atomic E-state index is 0.0752. The summed E-state index contributed by atoms with van der Waals surface area (Å²) in [5.74, 6) is 4.01. The van der Waals surface area contributed by atoms with Crippen LogP contribution in [0.4, 0.5) is 0 Å². The van der Waals surface area contributed by atoms with Crippen LogP contribution in [-0.4, -0.2) is 25.8 Å². The van der Waals surface area contributed by atoms with Crippen molar-refractivity contribution in [2.45, 2.75) is 74.1 Å². The molecule has 6 atom stereocenters. The number of esters is 1. The van der Waals surface area contributed by atoms with Gasteiger partial charge in [0.15, 0.2) is 0 Å². The molecule has 3 rings (SSSR count). The lowest BCUT2D eigenvalue weighted by Gasteiger charge is -2.43. The highest BCUT2D eigenvalue weighted by Gasteiger charge is 2.54. The smallest absolute Gasteiger partial charge is 0.312 e. The van der Waals surface area contributed by atoms with Crippen molar-refractivity contribution in [2.75, 3.05) is 19.8 Å². The third kappa shape index (κ3) is 4.20. The molecule has 0 heterocycles. The lowest BCUT2D eigenvalue weighted by Crippen LogP contribution is -2.44. The van der Waals surface area contributed by atoms with Crippen LogP contribution in [0.25, 0.3) is 0 Å². The summed E-state index contributed by atoms with van der Waals surface area (Å²) in [6.07, 6.45) is 9.69. The van der Waals surface area contributed by atoms with E-state index in [-0.39, 0.29) is 16.8 Å². The maximum absolute atomic E-state index is 13.0. The highest BCUT2D eigenvalue weighted by molar-refractivity contribution is 5.77. The van der Waals surface area contributed by atoms with E-state index in [1.54, 1.807) is 0 Å². The molecule has 0 aliphatic heterocycles. The van der Waals surface area contributed by atoms with Crippen LogP contribution >= 0.6 is 0 Å². The first-order valence-corrected chi connectivity index (χ1v) is 11.4. The third-order valence-electron chi connectivity index (χ3n) is 8.00. The van der Waals surface area contributed by atoms with Gasteiger partial charge in [-0.15, -0.1) is 0 Å². The Balaban J connectivity index is 1.44. The van der Waals surface area contributed by atoms with Crippen molar-refractivity contribution in [3.8, 4) is 0 Å². The molecule has 160 valence electrons. The molecule has 3 nitrogen and oxygen atoms in total. The number of fused-ring (bicyclic) bond motifs is 5. The summed E-state index contributed by atoms with van der Waals surface area (Å²) in [6, 6.07) is 0. The molecule has 6 unspecified atom stereocenters. The minimum Gasteiger partial charge on any atom is -0.463 e. The van der Waals surface area contributed by atoms with Crippen LogP contribution in [0.2, 0.25) is 0 Å². The quantitative estimate of drug-likeness (QED) is 0.309. The van der Waals surface area contributed by atoms with Gasteiger partial charge in [-0.25, -0.2) is 0 Å². The first-order valence-electron chi connectivity index (χ1n) is 11.4. The summed E-state index contributed by atoms with van der Waals surface area (Å²) in [6.45, 7) is 16.8. The predicted octanol–water partition coefficient (Wildman–Crippen LogP) is 5.88. The Morgan fingerprint density at radius 3 is 2.25 bits per heavy atom. The van der Waals surface area contributed by atoms with Crippen LogP contribution in [0.1, 0.15) is 74.1 Å². The average molecular weight is 391 g/mol. The van der Waals surface area contributed by atoms with E-state index in [9.17, 15) is 4.79 Å². The van der Waals surface area contributed by atoms with E-state index < -0.39 is 5.41 Å². The standard InChI is InChI=1S/C25H42O3/c1-23(2,3)16-25(7,24(4,5)6)22(26)28-14-13-27-15-21-19-11-12-20(21)18-10-8-9-17(18)19/h8-9,17-21H,10-16H2,1-7H3. The normalized spacial score (nSPS) is 33.8. The summed E-state index contributed by atoms with van der Waals surface area (Å²) in [4.78, 5) is 13.0. The molecule has 3 aliphatic carbocycles. The fourth-order valence-electron chi connectivity index (χ4n) is 6.28. The molecule has 2 saturated carbocycles. The van der Waals surface area contributed by atoms with Crippen LogP contribution < -0.4 is 0 Å². The third-order valence-corrected chi connectivity index (χ3v) is 8.00. The number of rotatable bonds is 7. The Hall–Kier alpha value is -0.830. The van der Waals surface area contributed by atoms with Gasteiger partial charge in [-0.2, -0.15) is 0 Å². The van der Waals surface area contributed by atoms with Crippen LogP contribution in [0.5, 0.6) is 0 Å². The average Bonchev–Trinajstić information content (AvgIpc) is 3.23. The fraction of sp³-hybridized carbons (Fsp3) is 0.880. The van der Waals surface area contributed by atoms with Gasteiger partial charge in [0.25, 0.3) is 0 Å². The van der Waals surface area contributed by atoms with E-state index in [1.807, 2.05) is 0 Å². The highest BCUT2D eigenvalue weighted by atomic mass is 16.6. The second-order valence-electron chi connectivity index (χ2n) is 12.0. The topological polar surface area (TPSA) is 35.5 Å². The zero-order valence-corrected chi connectivity index (χ0v) is 19.2. The molecule has 0 saturated heterocycles. The number of hydrogen-bond acceptors (Lipinski definition) is 3. The summed E-state index contributed by atoms with van der Waals surface area (Å²) < 4.78 is 11.7. The summed E-state index contributed by atoms with van der Waals surface area (Å²) in [5.41, 5.74) is -0.571. The first-order chi connectivity index (χ1) is 12.9. The fourth-order valence-corrected chi connectivity index (χ4v) is 6.28. The second-order valence-corrected chi connectivity index (χ2v) is 12.0. The second kappa shape index (κ2) is 7.78. The molecule has 2 bridgehead atoms. The van der Waals surface area contributed by atoms with Gasteiger partial charge in [0, 0.05) is 0 Å². The molecule has 3 aliphatic rings. The molecule has 3 heteroatoms. The monoisotopic (exact) mass is 390 g/mol. The van der Waals surface area contributed by atoms with Crippen molar-refractivity contribution < 1.29 is 14.3 Å². The summed E-state index contributed by atoms with van der Waals surface area (Å²) >= 11 is 0. The predicted molar refractivity (Wildman–Crippen MR) is 114 cm³/mol. The molecular weight excluding hydrogens is 348 g/mol. The number of allylic oxidation sites excluding steroid dienone is 2. The molecule has 0 aromatic heterocycles. The zero-order chi connectivity index (χ0) is 20.7. The van der Waals surface area contributed by atoms with Gasteiger partial charge in [0.1, 0.15) is 6.61 Å². The Bertz CT molecular complexity index is 594. The van der Waals surface area contributed by atoms with E-state index >= 15 is 0 Å². The van der Waals surface area contributed by atoms with Gasteiger partial charge < -0.3 is 9.47 Å². The lowest BCUT2D eigenvalue weighted by atomic mass is 9.61. The van der Waals surface area contributed by atoms with Crippen LogP contribution in [0.15, 0.2) is 12.2 Å². The number of carbonyl (C=O) groups is 1. The molecule has 0 amide bonds. The Labute approximate surface area is 172 Å². The van der Waals surface area contributed by atoms with Crippen LogP contribution in [-0.2, 0) is 14.3 Å². The molecule has 2 fully saturated rings. The maximum atomic E-state index is 13.0. The largest absolute Gasteiger partial charge is 0.463 e. The van der Waals surface area contributed by atoms with E-state index in [2.05, 4.69) is 60.6 Å².